The highest BCUT2D eigenvalue weighted by molar-refractivity contribution is 14.0. The molecule has 0 aliphatic heterocycles. The van der Waals surface area contributed by atoms with Gasteiger partial charge in [0.05, 0.1) is 25.8 Å². The van der Waals surface area contributed by atoms with Gasteiger partial charge in [0, 0.05) is 28.7 Å². The molecule has 0 amide bonds. The fourth-order valence-electron chi connectivity index (χ4n) is 2.01. The summed E-state index contributed by atoms with van der Waals surface area (Å²) in [7, 11) is 3.19. The molecule has 0 saturated carbocycles. The molecule has 24 heavy (non-hydrogen) atoms. The molecular weight excluding hydrogens is 439 g/mol. The number of rotatable bonds is 6. The Morgan fingerprint density at radius 3 is 2.62 bits per heavy atom. The van der Waals surface area contributed by atoms with Crippen LogP contribution in [0.1, 0.15) is 22.7 Å². The Labute approximate surface area is 163 Å². The van der Waals surface area contributed by atoms with Gasteiger partial charge in [-0.1, -0.05) is 6.92 Å². The number of nitrogens with one attached hydrogen (secondary N) is 1. The van der Waals surface area contributed by atoms with E-state index in [2.05, 4.69) is 22.2 Å². The molecular formula is C16H23IN4O2S. The van der Waals surface area contributed by atoms with Gasteiger partial charge in [-0.25, -0.2) is 4.98 Å². The molecule has 2 aromatic rings. The number of halogens is 1. The molecule has 0 bridgehead atoms. The maximum atomic E-state index is 5.95. The van der Waals surface area contributed by atoms with Crippen molar-refractivity contribution in [2.24, 2.45) is 10.7 Å². The van der Waals surface area contributed by atoms with Gasteiger partial charge in [0.2, 0.25) is 0 Å². The lowest BCUT2D eigenvalue weighted by atomic mass is 10.2. The van der Waals surface area contributed by atoms with E-state index < -0.39 is 0 Å². The van der Waals surface area contributed by atoms with Crippen LogP contribution in [0.25, 0.3) is 0 Å². The first kappa shape index (κ1) is 20.5. The van der Waals surface area contributed by atoms with E-state index in [-0.39, 0.29) is 29.9 Å². The second-order valence-electron chi connectivity index (χ2n) is 5.13. The Balaban J connectivity index is 0.00000288. The van der Waals surface area contributed by atoms with Gasteiger partial charge in [0.15, 0.2) is 17.5 Å². The third-order valence-electron chi connectivity index (χ3n) is 3.25. The maximum absolute atomic E-state index is 5.95. The average molecular weight is 462 g/mol. The van der Waals surface area contributed by atoms with Crippen LogP contribution in [0, 0.1) is 6.92 Å². The van der Waals surface area contributed by atoms with Gasteiger partial charge in [0.1, 0.15) is 0 Å². The Morgan fingerprint density at radius 1 is 1.33 bits per heavy atom. The van der Waals surface area contributed by atoms with Crippen molar-refractivity contribution in [3.63, 3.8) is 0 Å². The van der Waals surface area contributed by atoms with E-state index in [1.807, 2.05) is 31.3 Å². The van der Waals surface area contributed by atoms with E-state index in [0.29, 0.717) is 24.0 Å². The van der Waals surface area contributed by atoms with Crippen molar-refractivity contribution in [3.05, 3.63) is 34.3 Å². The molecule has 0 radical (unpaired) electrons. The van der Waals surface area contributed by atoms with Gasteiger partial charge in [-0.2, -0.15) is 0 Å². The summed E-state index contributed by atoms with van der Waals surface area (Å²) in [5, 5.41) is 4.13. The second kappa shape index (κ2) is 9.67. The van der Waals surface area contributed by atoms with Crippen molar-refractivity contribution in [1.29, 1.82) is 0 Å². The zero-order valence-electron chi connectivity index (χ0n) is 14.2. The Bertz CT molecular complexity index is 690. The summed E-state index contributed by atoms with van der Waals surface area (Å²) in [5.41, 5.74) is 6.74. The normalized spacial score (nSPS) is 12.2. The van der Waals surface area contributed by atoms with Crippen LogP contribution in [-0.4, -0.2) is 31.7 Å². The van der Waals surface area contributed by atoms with Gasteiger partial charge in [-0.15, -0.1) is 35.3 Å². The van der Waals surface area contributed by atoms with E-state index in [1.54, 1.807) is 25.6 Å². The molecule has 0 aliphatic carbocycles. The number of aromatic nitrogens is 1. The summed E-state index contributed by atoms with van der Waals surface area (Å²) in [5.74, 6) is 1.90. The minimum atomic E-state index is 0. The molecule has 0 spiro atoms. The SMILES string of the molecule is COc1ccc(NC(N)=NCC(C)c2ncc(C)s2)cc1OC.I. The highest BCUT2D eigenvalue weighted by Crippen LogP contribution is 2.29. The van der Waals surface area contributed by atoms with E-state index >= 15 is 0 Å². The summed E-state index contributed by atoms with van der Waals surface area (Å²) in [6.45, 7) is 4.72. The molecule has 6 nitrogen and oxygen atoms in total. The number of guanidine groups is 1. The number of hydrogen-bond acceptors (Lipinski definition) is 5. The van der Waals surface area contributed by atoms with Crippen LogP contribution >= 0.6 is 35.3 Å². The Kier molecular flexibility index (Phi) is 8.26. The highest BCUT2D eigenvalue weighted by Gasteiger charge is 2.09. The van der Waals surface area contributed by atoms with Crippen LogP contribution in [-0.2, 0) is 0 Å². The molecule has 1 aromatic carbocycles. The van der Waals surface area contributed by atoms with Crippen molar-refractivity contribution in [3.8, 4) is 11.5 Å². The molecule has 1 unspecified atom stereocenters. The van der Waals surface area contributed by atoms with Crippen LogP contribution in [0.4, 0.5) is 5.69 Å². The summed E-state index contributed by atoms with van der Waals surface area (Å²) < 4.78 is 10.5. The number of nitrogens with two attached hydrogens (primary N) is 1. The largest absolute Gasteiger partial charge is 0.493 e. The lowest BCUT2D eigenvalue weighted by Crippen LogP contribution is -2.23. The van der Waals surface area contributed by atoms with Crippen molar-refractivity contribution in [2.75, 3.05) is 26.1 Å². The van der Waals surface area contributed by atoms with E-state index in [9.17, 15) is 0 Å². The monoisotopic (exact) mass is 462 g/mol. The second-order valence-corrected chi connectivity index (χ2v) is 6.40. The van der Waals surface area contributed by atoms with Crippen molar-refractivity contribution in [1.82, 2.24) is 4.98 Å². The number of ether oxygens (including phenoxy) is 2. The number of nitrogens with zero attached hydrogens (tertiary/aromatic N) is 2. The third-order valence-corrected chi connectivity index (χ3v) is 4.40. The zero-order chi connectivity index (χ0) is 16.8. The van der Waals surface area contributed by atoms with Crippen molar-refractivity contribution >= 4 is 47.0 Å². The fourth-order valence-corrected chi connectivity index (χ4v) is 2.83. The zero-order valence-corrected chi connectivity index (χ0v) is 17.3. The first-order valence-electron chi connectivity index (χ1n) is 7.24. The predicted molar refractivity (Wildman–Crippen MR) is 110 cm³/mol. The smallest absolute Gasteiger partial charge is 0.193 e. The number of anilines is 1. The maximum Gasteiger partial charge on any atom is 0.193 e. The summed E-state index contributed by atoms with van der Waals surface area (Å²) >= 11 is 1.69. The van der Waals surface area contributed by atoms with E-state index in [1.165, 1.54) is 4.88 Å². The number of benzene rings is 1. The summed E-state index contributed by atoms with van der Waals surface area (Å²) in [6.07, 6.45) is 1.88. The van der Waals surface area contributed by atoms with E-state index in [0.717, 1.165) is 10.7 Å². The molecule has 1 atom stereocenters. The van der Waals surface area contributed by atoms with Crippen molar-refractivity contribution < 1.29 is 9.47 Å². The standard InChI is InChI=1S/C16H22N4O2S.HI/c1-10(15-18-9-11(2)23-15)8-19-16(17)20-12-5-6-13(21-3)14(7-12)22-4;/h5-7,9-10H,8H2,1-4H3,(H3,17,19,20);1H. The molecule has 0 saturated heterocycles. The van der Waals surface area contributed by atoms with Crippen molar-refractivity contribution in [2.45, 2.75) is 19.8 Å². The highest BCUT2D eigenvalue weighted by atomic mass is 127. The molecule has 1 aromatic heterocycles. The third kappa shape index (κ3) is 5.52. The molecule has 1 heterocycles. The Hall–Kier alpha value is -1.55. The van der Waals surface area contributed by atoms with Gasteiger partial charge >= 0.3 is 0 Å². The van der Waals surface area contributed by atoms with Crippen LogP contribution in [0.3, 0.4) is 0 Å². The lowest BCUT2D eigenvalue weighted by Gasteiger charge is -2.11. The first-order chi connectivity index (χ1) is 11.0. The molecule has 2 rings (SSSR count). The van der Waals surface area contributed by atoms with Gasteiger partial charge < -0.3 is 20.5 Å². The molecule has 132 valence electrons. The van der Waals surface area contributed by atoms with Gasteiger partial charge in [-0.3, -0.25) is 4.99 Å². The van der Waals surface area contributed by atoms with Crippen LogP contribution < -0.4 is 20.5 Å². The summed E-state index contributed by atoms with van der Waals surface area (Å²) in [4.78, 5) is 9.96. The quantitative estimate of drug-likeness (QED) is 0.390. The van der Waals surface area contributed by atoms with E-state index in [4.69, 9.17) is 15.2 Å². The number of aliphatic imine (C=N–C) groups is 1. The minimum absolute atomic E-state index is 0. The van der Waals surface area contributed by atoms with Gasteiger partial charge in [0.25, 0.3) is 0 Å². The number of hydrogen-bond donors (Lipinski definition) is 2. The number of methoxy groups -OCH3 is 2. The number of aryl methyl sites for hydroxylation is 1. The van der Waals surface area contributed by atoms with Crippen LogP contribution in [0.5, 0.6) is 11.5 Å². The molecule has 8 heteroatoms. The van der Waals surface area contributed by atoms with Crippen LogP contribution in [0.2, 0.25) is 0 Å². The number of thiazole rings is 1. The molecule has 0 aliphatic rings. The first-order valence-corrected chi connectivity index (χ1v) is 8.06. The Morgan fingerprint density at radius 2 is 2.04 bits per heavy atom. The predicted octanol–water partition coefficient (Wildman–Crippen LogP) is 3.62. The minimum Gasteiger partial charge on any atom is -0.493 e. The van der Waals surface area contributed by atoms with Crippen LogP contribution in [0.15, 0.2) is 29.4 Å². The average Bonchev–Trinajstić information content (AvgIpc) is 2.99. The topological polar surface area (TPSA) is 81.8 Å². The summed E-state index contributed by atoms with van der Waals surface area (Å²) in [6, 6.07) is 5.49. The lowest BCUT2D eigenvalue weighted by molar-refractivity contribution is 0.355. The molecule has 3 N–H and O–H groups in total. The molecule has 0 fully saturated rings. The van der Waals surface area contributed by atoms with Gasteiger partial charge in [-0.05, 0) is 19.1 Å². The fraction of sp³-hybridized carbons (Fsp3) is 0.375.